The average Bonchev–Trinajstić information content (AvgIpc) is 2.96. The predicted molar refractivity (Wildman–Crippen MR) is 54.6 cm³/mol. The lowest BCUT2D eigenvalue weighted by molar-refractivity contribution is -0.139. The Hall–Kier alpha value is -1.72. The van der Waals surface area contributed by atoms with Gasteiger partial charge in [-0.2, -0.15) is 13.2 Å². The van der Waals surface area contributed by atoms with Crippen molar-refractivity contribution in [2.75, 3.05) is 5.32 Å². The second kappa shape index (κ2) is 3.94. The van der Waals surface area contributed by atoms with Crippen molar-refractivity contribution in [1.82, 2.24) is 0 Å². The fraction of sp³-hybridized carbons (Fsp3) is 0.364. The van der Waals surface area contributed by atoms with Crippen LogP contribution < -0.4 is 5.32 Å². The van der Waals surface area contributed by atoms with Gasteiger partial charge >= 0.3 is 12.1 Å². The summed E-state index contributed by atoms with van der Waals surface area (Å²) in [7, 11) is 0. The van der Waals surface area contributed by atoms with Crippen LogP contribution in [-0.4, -0.2) is 17.1 Å². The molecular weight excluding hydrogens is 235 g/mol. The second-order valence-electron chi connectivity index (χ2n) is 4.01. The molecule has 0 spiro atoms. The Bertz CT molecular complexity index is 445. The SMILES string of the molecule is O=C(O)C1CC1Nc1cccc(C(F)(F)F)c1. The minimum Gasteiger partial charge on any atom is -0.481 e. The molecule has 0 aliphatic heterocycles. The van der Waals surface area contributed by atoms with Gasteiger partial charge in [-0.3, -0.25) is 4.79 Å². The summed E-state index contributed by atoms with van der Waals surface area (Å²) >= 11 is 0. The minimum absolute atomic E-state index is 0.268. The Labute approximate surface area is 95.3 Å². The van der Waals surface area contributed by atoms with Crippen LogP contribution in [0.4, 0.5) is 18.9 Å². The zero-order valence-corrected chi connectivity index (χ0v) is 8.66. The van der Waals surface area contributed by atoms with Gasteiger partial charge in [-0.1, -0.05) is 6.07 Å². The molecule has 0 aromatic heterocycles. The third-order valence-corrected chi connectivity index (χ3v) is 2.65. The molecule has 1 aromatic carbocycles. The van der Waals surface area contributed by atoms with E-state index in [9.17, 15) is 18.0 Å². The second-order valence-corrected chi connectivity index (χ2v) is 4.01. The highest BCUT2D eigenvalue weighted by molar-refractivity contribution is 5.75. The summed E-state index contributed by atoms with van der Waals surface area (Å²) in [6.07, 6.45) is -3.93. The number of halogens is 3. The molecule has 2 rings (SSSR count). The summed E-state index contributed by atoms with van der Waals surface area (Å²) < 4.78 is 37.2. The Kier molecular flexibility index (Phi) is 2.73. The monoisotopic (exact) mass is 245 g/mol. The first-order chi connectivity index (χ1) is 7.88. The third kappa shape index (κ3) is 2.69. The van der Waals surface area contributed by atoms with Gasteiger partial charge in [0.1, 0.15) is 0 Å². The van der Waals surface area contributed by atoms with E-state index >= 15 is 0 Å². The van der Waals surface area contributed by atoms with Crippen molar-refractivity contribution in [2.24, 2.45) is 5.92 Å². The van der Waals surface area contributed by atoms with Crippen LogP contribution in [0.1, 0.15) is 12.0 Å². The van der Waals surface area contributed by atoms with Gasteiger partial charge in [0.15, 0.2) is 0 Å². The van der Waals surface area contributed by atoms with E-state index in [2.05, 4.69) is 5.32 Å². The van der Waals surface area contributed by atoms with Gasteiger partial charge in [-0.15, -0.1) is 0 Å². The Morgan fingerprint density at radius 3 is 2.65 bits per heavy atom. The van der Waals surface area contributed by atoms with E-state index < -0.39 is 23.6 Å². The number of aliphatic carboxylic acids is 1. The first kappa shape index (κ1) is 11.8. The molecule has 0 radical (unpaired) electrons. The van der Waals surface area contributed by atoms with E-state index in [-0.39, 0.29) is 6.04 Å². The summed E-state index contributed by atoms with van der Waals surface area (Å²) in [6.45, 7) is 0. The molecule has 0 saturated heterocycles. The Morgan fingerprint density at radius 1 is 1.41 bits per heavy atom. The van der Waals surface area contributed by atoms with E-state index in [1.165, 1.54) is 12.1 Å². The molecule has 1 aromatic rings. The number of nitrogens with one attached hydrogen (secondary N) is 1. The van der Waals surface area contributed by atoms with Crippen molar-refractivity contribution in [3.8, 4) is 0 Å². The van der Waals surface area contributed by atoms with Gasteiger partial charge < -0.3 is 10.4 Å². The molecule has 2 N–H and O–H groups in total. The molecule has 1 aliphatic carbocycles. The molecule has 0 amide bonds. The van der Waals surface area contributed by atoms with Crippen LogP contribution in [0.25, 0.3) is 0 Å². The van der Waals surface area contributed by atoms with Crippen LogP contribution in [0.5, 0.6) is 0 Å². The highest BCUT2D eigenvalue weighted by Gasteiger charge is 2.43. The molecule has 1 saturated carbocycles. The normalized spacial score (nSPS) is 23.2. The van der Waals surface area contributed by atoms with Crippen LogP contribution in [0.3, 0.4) is 0 Å². The third-order valence-electron chi connectivity index (χ3n) is 2.65. The molecule has 17 heavy (non-hydrogen) atoms. The van der Waals surface area contributed by atoms with Crippen LogP contribution in [-0.2, 0) is 11.0 Å². The van der Waals surface area contributed by atoms with Gasteiger partial charge in [0, 0.05) is 11.7 Å². The predicted octanol–water partition coefficient (Wildman–Crippen LogP) is 2.59. The van der Waals surface area contributed by atoms with E-state index in [1.54, 1.807) is 0 Å². The van der Waals surface area contributed by atoms with Crippen LogP contribution in [0.2, 0.25) is 0 Å². The molecular formula is C11H10F3NO2. The van der Waals surface area contributed by atoms with Crippen molar-refractivity contribution in [1.29, 1.82) is 0 Å². The zero-order valence-electron chi connectivity index (χ0n) is 8.66. The van der Waals surface area contributed by atoms with Gasteiger partial charge in [0.25, 0.3) is 0 Å². The van der Waals surface area contributed by atoms with Crippen molar-refractivity contribution in [3.63, 3.8) is 0 Å². The Balaban J connectivity index is 2.06. The van der Waals surface area contributed by atoms with Gasteiger partial charge in [-0.25, -0.2) is 0 Å². The van der Waals surface area contributed by atoms with E-state index in [0.29, 0.717) is 12.1 Å². The number of benzene rings is 1. The van der Waals surface area contributed by atoms with Crippen LogP contribution >= 0.6 is 0 Å². The highest BCUT2D eigenvalue weighted by atomic mass is 19.4. The summed E-state index contributed by atoms with van der Waals surface area (Å²) in [6, 6.07) is 4.48. The number of anilines is 1. The van der Waals surface area contributed by atoms with Crippen LogP contribution in [0, 0.1) is 5.92 Å². The minimum atomic E-state index is -4.38. The standard InChI is InChI=1S/C11H10F3NO2/c12-11(13,14)6-2-1-3-7(4-6)15-9-5-8(9)10(16)17/h1-4,8-9,15H,5H2,(H,16,17). The number of carboxylic acids is 1. The number of hydrogen-bond donors (Lipinski definition) is 2. The topological polar surface area (TPSA) is 49.3 Å². The lowest BCUT2D eigenvalue weighted by Crippen LogP contribution is -2.11. The van der Waals surface area contributed by atoms with Crippen molar-refractivity contribution < 1.29 is 23.1 Å². The smallest absolute Gasteiger partial charge is 0.416 e. The number of carboxylic acid groups (broad SMARTS) is 1. The zero-order chi connectivity index (χ0) is 12.6. The summed E-state index contributed by atoms with van der Waals surface area (Å²) in [5.74, 6) is -1.42. The average molecular weight is 245 g/mol. The van der Waals surface area contributed by atoms with Gasteiger partial charge in [0.05, 0.1) is 11.5 Å². The first-order valence-electron chi connectivity index (χ1n) is 5.04. The first-order valence-corrected chi connectivity index (χ1v) is 5.04. The lowest BCUT2D eigenvalue weighted by atomic mass is 10.2. The molecule has 3 nitrogen and oxygen atoms in total. The molecule has 92 valence electrons. The number of hydrogen-bond acceptors (Lipinski definition) is 2. The molecule has 0 bridgehead atoms. The molecule has 1 aliphatic rings. The molecule has 2 unspecified atom stereocenters. The molecule has 2 atom stereocenters. The summed E-state index contributed by atoms with van der Waals surface area (Å²) in [5, 5.41) is 11.4. The van der Waals surface area contributed by atoms with Crippen molar-refractivity contribution in [2.45, 2.75) is 18.6 Å². The summed E-state index contributed by atoms with van der Waals surface area (Å²) in [4.78, 5) is 10.6. The maximum absolute atomic E-state index is 12.4. The number of rotatable bonds is 3. The maximum atomic E-state index is 12.4. The fourth-order valence-electron chi connectivity index (χ4n) is 1.63. The van der Waals surface area contributed by atoms with E-state index in [0.717, 1.165) is 12.1 Å². The fourth-order valence-corrected chi connectivity index (χ4v) is 1.63. The quantitative estimate of drug-likeness (QED) is 0.860. The van der Waals surface area contributed by atoms with E-state index in [4.69, 9.17) is 5.11 Å². The van der Waals surface area contributed by atoms with Crippen molar-refractivity contribution in [3.05, 3.63) is 29.8 Å². The molecule has 1 fully saturated rings. The van der Waals surface area contributed by atoms with E-state index in [1.807, 2.05) is 0 Å². The molecule has 6 heteroatoms. The van der Waals surface area contributed by atoms with Crippen molar-refractivity contribution >= 4 is 11.7 Å². The largest absolute Gasteiger partial charge is 0.481 e. The lowest BCUT2D eigenvalue weighted by Gasteiger charge is -2.10. The summed E-state index contributed by atoms with van der Waals surface area (Å²) in [5.41, 5.74) is -0.441. The van der Waals surface area contributed by atoms with Crippen LogP contribution in [0.15, 0.2) is 24.3 Å². The number of alkyl halides is 3. The number of carbonyl (C=O) groups is 1. The highest BCUT2D eigenvalue weighted by Crippen LogP contribution is 2.35. The van der Waals surface area contributed by atoms with Gasteiger partial charge in [-0.05, 0) is 24.6 Å². The molecule has 0 heterocycles. The Morgan fingerprint density at radius 2 is 2.12 bits per heavy atom. The van der Waals surface area contributed by atoms with Gasteiger partial charge in [0.2, 0.25) is 0 Å². The maximum Gasteiger partial charge on any atom is 0.416 e.